The second kappa shape index (κ2) is 4.16. The summed E-state index contributed by atoms with van der Waals surface area (Å²) in [5.41, 5.74) is 1.21. The van der Waals surface area contributed by atoms with Crippen molar-refractivity contribution in [1.82, 2.24) is 9.55 Å². The number of carbonyl (C=O) groups excluding carboxylic acids is 1. The van der Waals surface area contributed by atoms with Crippen molar-refractivity contribution in [2.24, 2.45) is 0 Å². The topological polar surface area (TPSA) is 34.9 Å². The van der Waals surface area contributed by atoms with Crippen LogP contribution in [-0.4, -0.2) is 15.8 Å². The Balaban J connectivity index is 2.63. The van der Waals surface area contributed by atoms with E-state index in [0.29, 0.717) is 16.5 Å². The van der Waals surface area contributed by atoms with Crippen LogP contribution in [0.2, 0.25) is 5.15 Å². The molecule has 0 saturated heterocycles. The number of aromatic nitrogens is 2. The van der Waals surface area contributed by atoms with E-state index in [0.717, 1.165) is 10.8 Å². The van der Waals surface area contributed by atoms with Crippen molar-refractivity contribution in [3.8, 4) is 5.69 Å². The molecular formula is C10H6BrClN2O. The van der Waals surface area contributed by atoms with E-state index in [9.17, 15) is 4.79 Å². The van der Waals surface area contributed by atoms with E-state index in [2.05, 4.69) is 20.9 Å². The third-order valence-corrected chi connectivity index (χ3v) is 2.66. The first kappa shape index (κ1) is 10.4. The van der Waals surface area contributed by atoms with E-state index < -0.39 is 0 Å². The summed E-state index contributed by atoms with van der Waals surface area (Å²) in [6.45, 7) is 0. The largest absolute Gasteiger partial charge is 0.310 e. The highest BCUT2D eigenvalue weighted by atomic mass is 79.9. The van der Waals surface area contributed by atoms with Gasteiger partial charge in [0.1, 0.15) is 0 Å². The van der Waals surface area contributed by atoms with Crippen LogP contribution in [0.4, 0.5) is 0 Å². The molecule has 3 nitrogen and oxygen atoms in total. The van der Waals surface area contributed by atoms with Crippen molar-refractivity contribution in [2.75, 3.05) is 0 Å². The third-order valence-electron chi connectivity index (χ3n) is 1.94. The molecule has 2 aromatic heterocycles. The molecule has 0 aliphatic carbocycles. The maximum Gasteiger partial charge on any atom is 0.166 e. The Morgan fingerprint density at radius 1 is 1.53 bits per heavy atom. The van der Waals surface area contributed by atoms with Crippen molar-refractivity contribution >= 4 is 33.8 Å². The van der Waals surface area contributed by atoms with Crippen LogP contribution in [0.5, 0.6) is 0 Å². The standard InChI is InChI=1S/C10H6BrClN2O/c11-7-4-8(6-15)14(5-7)9-2-1-3-13-10(9)12/h1-6H. The fourth-order valence-electron chi connectivity index (χ4n) is 1.30. The Morgan fingerprint density at radius 3 is 3.00 bits per heavy atom. The van der Waals surface area contributed by atoms with Crippen LogP contribution in [-0.2, 0) is 0 Å². The van der Waals surface area contributed by atoms with Gasteiger partial charge in [0.2, 0.25) is 0 Å². The molecule has 0 unspecified atom stereocenters. The number of hydrogen-bond donors (Lipinski definition) is 0. The summed E-state index contributed by atoms with van der Waals surface area (Å²) >= 11 is 9.24. The minimum Gasteiger partial charge on any atom is -0.310 e. The van der Waals surface area contributed by atoms with Crippen LogP contribution < -0.4 is 0 Å². The van der Waals surface area contributed by atoms with Gasteiger partial charge >= 0.3 is 0 Å². The fraction of sp³-hybridized carbons (Fsp3) is 0. The molecule has 0 saturated carbocycles. The number of aldehydes is 1. The molecular weight excluding hydrogens is 279 g/mol. The number of halogens is 2. The third kappa shape index (κ3) is 1.96. The fourth-order valence-corrected chi connectivity index (χ4v) is 1.95. The molecule has 0 fully saturated rings. The van der Waals surface area contributed by atoms with Gasteiger partial charge in [-0.3, -0.25) is 4.79 Å². The van der Waals surface area contributed by atoms with Crippen LogP contribution in [0, 0.1) is 0 Å². The molecule has 76 valence electrons. The smallest absolute Gasteiger partial charge is 0.166 e. The summed E-state index contributed by atoms with van der Waals surface area (Å²) in [4.78, 5) is 14.8. The van der Waals surface area contributed by atoms with Crippen LogP contribution in [0.15, 0.2) is 35.1 Å². The van der Waals surface area contributed by atoms with E-state index in [1.807, 2.05) is 0 Å². The second-order valence-electron chi connectivity index (χ2n) is 2.88. The number of hydrogen-bond acceptors (Lipinski definition) is 2. The molecule has 15 heavy (non-hydrogen) atoms. The van der Waals surface area contributed by atoms with Gasteiger partial charge < -0.3 is 4.57 Å². The Morgan fingerprint density at radius 2 is 2.33 bits per heavy atom. The van der Waals surface area contributed by atoms with Crippen LogP contribution >= 0.6 is 27.5 Å². The molecule has 0 spiro atoms. The van der Waals surface area contributed by atoms with E-state index in [4.69, 9.17) is 11.6 Å². The monoisotopic (exact) mass is 284 g/mol. The first-order chi connectivity index (χ1) is 7.22. The van der Waals surface area contributed by atoms with Crippen LogP contribution in [0.3, 0.4) is 0 Å². The highest BCUT2D eigenvalue weighted by Gasteiger charge is 2.08. The quantitative estimate of drug-likeness (QED) is 0.628. The highest BCUT2D eigenvalue weighted by Crippen LogP contribution is 2.22. The average molecular weight is 286 g/mol. The van der Waals surface area contributed by atoms with Gasteiger partial charge in [0.05, 0.1) is 11.4 Å². The second-order valence-corrected chi connectivity index (χ2v) is 4.16. The van der Waals surface area contributed by atoms with E-state index >= 15 is 0 Å². The van der Waals surface area contributed by atoms with Gasteiger partial charge in [0, 0.05) is 16.9 Å². The Labute approximate surface area is 99.8 Å². The Bertz CT molecular complexity index is 510. The summed E-state index contributed by atoms with van der Waals surface area (Å²) in [7, 11) is 0. The Hall–Kier alpha value is -1.13. The molecule has 0 atom stereocenters. The van der Waals surface area contributed by atoms with Crippen molar-refractivity contribution in [3.63, 3.8) is 0 Å². The van der Waals surface area contributed by atoms with Crippen molar-refractivity contribution < 1.29 is 4.79 Å². The van der Waals surface area contributed by atoms with Crippen LogP contribution in [0.25, 0.3) is 5.69 Å². The highest BCUT2D eigenvalue weighted by molar-refractivity contribution is 9.10. The van der Waals surface area contributed by atoms with Gasteiger partial charge in [-0.1, -0.05) is 11.6 Å². The molecule has 5 heteroatoms. The molecule has 0 amide bonds. The maximum absolute atomic E-state index is 10.8. The molecule has 0 radical (unpaired) electrons. The zero-order chi connectivity index (χ0) is 10.8. The lowest BCUT2D eigenvalue weighted by Crippen LogP contribution is -1.98. The van der Waals surface area contributed by atoms with Gasteiger partial charge in [-0.05, 0) is 34.1 Å². The molecule has 0 N–H and O–H groups in total. The summed E-state index contributed by atoms with van der Waals surface area (Å²) in [6, 6.07) is 5.29. The number of carbonyl (C=O) groups is 1. The van der Waals surface area contributed by atoms with Crippen LogP contribution in [0.1, 0.15) is 10.5 Å². The van der Waals surface area contributed by atoms with Gasteiger partial charge in [0.25, 0.3) is 0 Å². The lowest BCUT2D eigenvalue weighted by molar-refractivity contribution is 0.111. The van der Waals surface area contributed by atoms with Crippen molar-refractivity contribution in [1.29, 1.82) is 0 Å². The van der Waals surface area contributed by atoms with E-state index in [-0.39, 0.29) is 0 Å². The minimum atomic E-state index is 0.365. The molecule has 2 rings (SSSR count). The summed E-state index contributed by atoms with van der Waals surface area (Å²) in [6.07, 6.45) is 4.14. The minimum absolute atomic E-state index is 0.365. The molecule has 2 heterocycles. The normalized spacial score (nSPS) is 10.3. The molecule has 0 aliphatic rings. The average Bonchev–Trinajstić information content (AvgIpc) is 2.60. The Kier molecular flexibility index (Phi) is 2.88. The molecule has 0 aromatic carbocycles. The predicted octanol–water partition coefficient (Wildman–Crippen LogP) is 3.10. The SMILES string of the molecule is O=Cc1cc(Br)cn1-c1cccnc1Cl. The zero-order valence-corrected chi connectivity index (χ0v) is 9.86. The summed E-state index contributed by atoms with van der Waals surface area (Å²) in [5, 5.41) is 0.365. The molecule has 0 aliphatic heterocycles. The first-order valence-corrected chi connectivity index (χ1v) is 5.33. The lowest BCUT2D eigenvalue weighted by Gasteiger charge is -2.05. The lowest BCUT2D eigenvalue weighted by atomic mass is 10.4. The van der Waals surface area contributed by atoms with E-state index in [1.54, 1.807) is 35.2 Å². The summed E-state index contributed by atoms with van der Waals surface area (Å²) in [5.74, 6) is 0. The first-order valence-electron chi connectivity index (χ1n) is 4.16. The number of nitrogens with zero attached hydrogens (tertiary/aromatic N) is 2. The van der Waals surface area contributed by atoms with Gasteiger partial charge in [-0.2, -0.15) is 0 Å². The van der Waals surface area contributed by atoms with Crippen molar-refractivity contribution in [3.05, 3.63) is 45.9 Å². The zero-order valence-electron chi connectivity index (χ0n) is 7.52. The van der Waals surface area contributed by atoms with Gasteiger partial charge in [0.15, 0.2) is 11.4 Å². The number of rotatable bonds is 2. The van der Waals surface area contributed by atoms with Crippen molar-refractivity contribution in [2.45, 2.75) is 0 Å². The van der Waals surface area contributed by atoms with E-state index in [1.165, 1.54) is 0 Å². The van der Waals surface area contributed by atoms with Gasteiger partial charge in [-0.25, -0.2) is 4.98 Å². The summed E-state index contributed by atoms with van der Waals surface area (Å²) < 4.78 is 2.51. The predicted molar refractivity (Wildman–Crippen MR) is 61.7 cm³/mol. The molecule has 0 bridgehead atoms. The molecule has 2 aromatic rings. The van der Waals surface area contributed by atoms with Gasteiger partial charge in [-0.15, -0.1) is 0 Å². The number of pyridine rings is 1. The maximum atomic E-state index is 10.8.